The Hall–Kier alpha value is -1.39. The molecular weight excluding hydrogens is 229 g/mol. The molecule has 5 heteroatoms. The predicted molar refractivity (Wildman–Crippen MR) is 60.3 cm³/mol. The smallest absolute Gasteiger partial charge is 0.381 e. The van der Waals surface area contributed by atoms with E-state index in [1.165, 1.54) is 12.1 Å². The number of rotatable bonds is 0. The van der Waals surface area contributed by atoms with Crippen molar-refractivity contribution in [3.05, 3.63) is 23.8 Å². The third-order valence-electron chi connectivity index (χ3n) is 3.83. The van der Waals surface area contributed by atoms with E-state index in [9.17, 15) is 13.2 Å². The molecule has 3 rings (SSSR count). The summed E-state index contributed by atoms with van der Waals surface area (Å²) in [5, 5.41) is 3.22. The summed E-state index contributed by atoms with van der Waals surface area (Å²) in [4.78, 5) is 1.99. The van der Waals surface area contributed by atoms with E-state index in [1.807, 2.05) is 11.9 Å². The predicted octanol–water partition coefficient (Wildman–Crippen LogP) is 3.10. The van der Waals surface area contributed by atoms with Gasteiger partial charge in [-0.2, -0.15) is 13.2 Å². The molecule has 0 saturated heterocycles. The van der Waals surface area contributed by atoms with E-state index < -0.39 is 11.7 Å². The molecule has 1 heterocycles. The fraction of sp³-hybridized carbons (Fsp3) is 0.500. The first kappa shape index (κ1) is 10.7. The van der Waals surface area contributed by atoms with Gasteiger partial charge < -0.3 is 10.2 Å². The number of fused-ring (bicyclic) bond motifs is 1. The molecule has 1 aliphatic carbocycles. The highest BCUT2D eigenvalue weighted by atomic mass is 19.4. The van der Waals surface area contributed by atoms with Crippen molar-refractivity contribution >= 4 is 11.4 Å². The van der Waals surface area contributed by atoms with Gasteiger partial charge in [-0.15, -0.1) is 0 Å². The summed E-state index contributed by atoms with van der Waals surface area (Å²) >= 11 is 0. The van der Waals surface area contributed by atoms with Gasteiger partial charge in [-0.3, -0.25) is 0 Å². The van der Waals surface area contributed by atoms with E-state index in [2.05, 4.69) is 5.32 Å². The van der Waals surface area contributed by atoms with Crippen LogP contribution in [0.25, 0.3) is 0 Å². The molecule has 0 unspecified atom stereocenters. The van der Waals surface area contributed by atoms with Gasteiger partial charge in [0.25, 0.3) is 0 Å². The van der Waals surface area contributed by atoms with Gasteiger partial charge in [0.1, 0.15) is 0 Å². The summed E-state index contributed by atoms with van der Waals surface area (Å²) in [6.45, 7) is 0.821. The average Bonchev–Trinajstić information content (AvgIpc) is 3.04. The first-order valence-corrected chi connectivity index (χ1v) is 5.61. The zero-order chi connectivity index (χ0) is 12.3. The molecule has 1 aromatic rings. The first-order valence-electron chi connectivity index (χ1n) is 5.61. The number of anilines is 2. The van der Waals surface area contributed by atoms with Crippen molar-refractivity contribution in [2.45, 2.75) is 24.6 Å². The molecule has 1 aliphatic heterocycles. The third kappa shape index (κ3) is 1.56. The molecule has 2 aliphatic rings. The summed E-state index contributed by atoms with van der Waals surface area (Å²) in [7, 11) is 1.88. The van der Waals surface area contributed by atoms with Crippen molar-refractivity contribution in [1.29, 1.82) is 0 Å². The van der Waals surface area contributed by atoms with Crippen LogP contribution < -0.4 is 10.2 Å². The lowest BCUT2D eigenvalue weighted by Gasteiger charge is -2.37. The lowest BCUT2D eigenvalue weighted by atomic mass is 10.1. The minimum Gasteiger partial charge on any atom is -0.381 e. The Bertz CT molecular complexity index is 463. The minimum atomic E-state index is -4.27. The standard InChI is InChI=1S/C12H13F3N2/c1-17-10-6-8(12(13,14)15)2-3-9(10)16-7-11(17)4-5-11/h2-3,6,16H,4-5,7H2,1H3. The molecule has 0 atom stereocenters. The first-order chi connectivity index (χ1) is 7.92. The number of benzene rings is 1. The summed E-state index contributed by atoms with van der Waals surface area (Å²) < 4.78 is 38.0. The largest absolute Gasteiger partial charge is 0.416 e. The molecule has 1 fully saturated rings. The maximum absolute atomic E-state index is 12.7. The summed E-state index contributed by atoms with van der Waals surface area (Å²) in [5.74, 6) is 0. The van der Waals surface area contributed by atoms with Crippen LogP contribution in [0.4, 0.5) is 24.5 Å². The zero-order valence-corrected chi connectivity index (χ0v) is 9.43. The lowest BCUT2D eigenvalue weighted by molar-refractivity contribution is -0.137. The number of nitrogens with one attached hydrogen (secondary N) is 1. The van der Waals surface area contributed by atoms with E-state index in [0.717, 1.165) is 31.1 Å². The van der Waals surface area contributed by atoms with Crippen molar-refractivity contribution < 1.29 is 13.2 Å². The SMILES string of the molecule is CN1c2cc(C(F)(F)F)ccc2NCC12CC2. The Morgan fingerprint density at radius 1 is 1.29 bits per heavy atom. The van der Waals surface area contributed by atoms with Crippen molar-refractivity contribution in [1.82, 2.24) is 0 Å². The maximum Gasteiger partial charge on any atom is 0.416 e. The van der Waals surface area contributed by atoms with Gasteiger partial charge in [0.2, 0.25) is 0 Å². The molecule has 0 radical (unpaired) electrons. The van der Waals surface area contributed by atoms with Gasteiger partial charge in [-0.05, 0) is 31.0 Å². The van der Waals surface area contributed by atoms with Crippen LogP contribution in [-0.2, 0) is 6.18 Å². The molecule has 1 saturated carbocycles. The molecule has 1 aromatic carbocycles. The molecule has 0 aromatic heterocycles. The van der Waals surface area contributed by atoms with Crippen LogP contribution >= 0.6 is 0 Å². The Balaban J connectivity index is 2.04. The lowest BCUT2D eigenvalue weighted by Crippen LogP contribution is -2.43. The number of halogens is 3. The van der Waals surface area contributed by atoms with Crippen LogP contribution in [0.2, 0.25) is 0 Å². The van der Waals surface area contributed by atoms with Crippen molar-refractivity contribution in [2.75, 3.05) is 23.8 Å². The van der Waals surface area contributed by atoms with Crippen LogP contribution in [0.5, 0.6) is 0 Å². The number of alkyl halides is 3. The Labute approximate surface area is 97.4 Å². The molecule has 2 nitrogen and oxygen atoms in total. The third-order valence-corrected chi connectivity index (χ3v) is 3.83. The Kier molecular flexibility index (Phi) is 1.95. The number of hydrogen-bond acceptors (Lipinski definition) is 2. The fourth-order valence-electron chi connectivity index (χ4n) is 2.43. The fourth-order valence-corrected chi connectivity index (χ4v) is 2.43. The van der Waals surface area contributed by atoms with Gasteiger partial charge in [0.05, 0.1) is 22.5 Å². The van der Waals surface area contributed by atoms with E-state index >= 15 is 0 Å². The van der Waals surface area contributed by atoms with E-state index in [0.29, 0.717) is 5.69 Å². The summed E-state index contributed by atoms with van der Waals surface area (Å²) in [5.41, 5.74) is 0.918. The normalized spacial score (nSPS) is 21.1. The molecule has 1 N–H and O–H groups in total. The highest BCUT2D eigenvalue weighted by molar-refractivity contribution is 5.75. The van der Waals surface area contributed by atoms with Crippen LogP contribution in [0.1, 0.15) is 18.4 Å². The average molecular weight is 242 g/mol. The minimum absolute atomic E-state index is 0.0528. The highest BCUT2D eigenvalue weighted by Gasteiger charge is 2.49. The molecule has 17 heavy (non-hydrogen) atoms. The second-order valence-electron chi connectivity index (χ2n) is 4.87. The van der Waals surface area contributed by atoms with E-state index in [-0.39, 0.29) is 5.54 Å². The van der Waals surface area contributed by atoms with Gasteiger partial charge >= 0.3 is 6.18 Å². The van der Waals surface area contributed by atoms with Crippen molar-refractivity contribution in [3.63, 3.8) is 0 Å². The van der Waals surface area contributed by atoms with Gasteiger partial charge in [0.15, 0.2) is 0 Å². The topological polar surface area (TPSA) is 15.3 Å². The van der Waals surface area contributed by atoms with Crippen LogP contribution in [0.3, 0.4) is 0 Å². The van der Waals surface area contributed by atoms with Crippen molar-refractivity contribution in [3.8, 4) is 0 Å². The van der Waals surface area contributed by atoms with Crippen molar-refractivity contribution in [2.24, 2.45) is 0 Å². The second-order valence-corrected chi connectivity index (χ2v) is 4.87. The van der Waals surface area contributed by atoms with Gasteiger partial charge in [0, 0.05) is 13.6 Å². The molecule has 92 valence electrons. The van der Waals surface area contributed by atoms with E-state index in [4.69, 9.17) is 0 Å². The summed E-state index contributed by atoms with van der Waals surface area (Å²) in [6, 6.07) is 3.88. The summed E-state index contributed by atoms with van der Waals surface area (Å²) in [6.07, 6.45) is -2.18. The van der Waals surface area contributed by atoms with Gasteiger partial charge in [-0.25, -0.2) is 0 Å². The Morgan fingerprint density at radius 3 is 2.59 bits per heavy atom. The van der Waals surface area contributed by atoms with Crippen LogP contribution in [-0.4, -0.2) is 19.1 Å². The highest BCUT2D eigenvalue weighted by Crippen LogP contribution is 2.49. The molecular formula is C12H13F3N2. The number of hydrogen-bond donors (Lipinski definition) is 1. The van der Waals surface area contributed by atoms with Crippen LogP contribution in [0, 0.1) is 0 Å². The number of likely N-dealkylation sites (N-methyl/N-ethyl adjacent to an activating group) is 1. The quantitative estimate of drug-likeness (QED) is 0.752. The molecule has 1 spiro atoms. The molecule has 0 amide bonds. The monoisotopic (exact) mass is 242 g/mol. The molecule has 0 bridgehead atoms. The van der Waals surface area contributed by atoms with E-state index in [1.54, 1.807) is 0 Å². The van der Waals surface area contributed by atoms with Gasteiger partial charge in [-0.1, -0.05) is 0 Å². The van der Waals surface area contributed by atoms with Crippen LogP contribution in [0.15, 0.2) is 18.2 Å². The second kappa shape index (κ2) is 3.09. The Morgan fingerprint density at radius 2 is 2.00 bits per heavy atom. The number of nitrogens with zero attached hydrogens (tertiary/aromatic N) is 1. The maximum atomic E-state index is 12.7. The zero-order valence-electron chi connectivity index (χ0n) is 9.43.